The van der Waals surface area contributed by atoms with Crippen LogP contribution in [0.1, 0.15) is 24.1 Å². The van der Waals surface area contributed by atoms with Gasteiger partial charge in [-0.05, 0) is 61.0 Å². The van der Waals surface area contributed by atoms with E-state index >= 15 is 0 Å². The SMILES string of the molecule is CCOc1cc(/C(O)=C2\C(=O)C(=O)N(c3cccc(Br)c3)C2c2ccncc2)ccc1Cl. The number of pyridine rings is 1. The second-order valence-electron chi connectivity index (χ2n) is 7.01. The van der Waals surface area contributed by atoms with Gasteiger partial charge in [0.25, 0.3) is 11.7 Å². The molecule has 8 heteroatoms. The summed E-state index contributed by atoms with van der Waals surface area (Å²) in [5.74, 6) is -1.44. The number of hydrogen-bond acceptors (Lipinski definition) is 5. The summed E-state index contributed by atoms with van der Waals surface area (Å²) in [4.78, 5) is 31.7. The van der Waals surface area contributed by atoms with Gasteiger partial charge in [0.05, 0.1) is 23.2 Å². The van der Waals surface area contributed by atoms with Crippen molar-refractivity contribution in [3.8, 4) is 5.75 Å². The van der Waals surface area contributed by atoms with Crippen LogP contribution in [0.2, 0.25) is 5.02 Å². The molecule has 1 saturated heterocycles. The Labute approximate surface area is 198 Å². The average Bonchev–Trinajstić information content (AvgIpc) is 3.06. The summed E-state index contributed by atoms with van der Waals surface area (Å²) in [7, 11) is 0. The minimum atomic E-state index is -0.835. The molecule has 1 aromatic heterocycles. The van der Waals surface area contributed by atoms with Gasteiger partial charge in [0, 0.05) is 28.1 Å². The summed E-state index contributed by atoms with van der Waals surface area (Å²) in [5, 5.41) is 11.6. The summed E-state index contributed by atoms with van der Waals surface area (Å²) in [6.45, 7) is 2.20. The number of aliphatic hydroxyl groups excluding tert-OH is 1. The molecule has 0 radical (unpaired) electrons. The van der Waals surface area contributed by atoms with Crippen LogP contribution in [0.5, 0.6) is 5.75 Å². The largest absolute Gasteiger partial charge is 0.507 e. The molecule has 32 heavy (non-hydrogen) atoms. The summed E-state index contributed by atoms with van der Waals surface area (Å²) >= 11 is 9.58. The van der Waals surface area contributed by atoms with Crippen LogP contribution in [-0.2, 0) is 9.59 Å². The van der Waals surface area contributed by atoms with Crippen molar-refractivity contribution < 1.29 is 19.4 Å². The number of anilines is 1. The number of aliphatic hydroxyl groups is 1. The highest BCUT2D eigenvalue weighted by Gasteiger charge is 2.47. The van der Waals surface area contributed by atoms with E-state index in [1.54, 1.807) is 60.9 Å². The lowest BCUT2D eigenvalue weighted by molar-refractivity contribution is -0.132. The standard InChI is InChI=1S/C24H18BrClN2O4/c1-2-32-19-12-15(6-7-18(19)26)22(29)20-21(14-8-10-27-11-9-14)28(24(31)23(20)30)17-5-3-4-16(25)13-17/h3-13,21,29H,2H2,1H3/b22-20+. The first-order chi connectivity index (χ1) is 15.4. The fraction of sp³-hybridized carbons (Fsp3) is 0.125. The van der Waals surface area contributed by atoms with Gasteiger partial charge in [-0.25, -0.2) is 0 Å². The molecule has 2 aromatic carbocycles. The predicted octanol–water partition coefficient (Wildman–Crippen LogP) is 5.52. The van der Waals surface area contributed by atoms with Gasteiger partial charge in [-0.1, -0.05) is 33.6 Å². The first-order valence-corrected chi connectivity index (χ1v) is 11.0. The number of carbonyl (C=O) groups excluding carboxylic acids is 2. The van der Waals surface area contributed by atoms with E-state index in [0.717, 1.165) is 4.47 Å². The molecule has 0 aliphatic carbocycles. The second-order valence-corrected chi connectivity index (χ2v) is 8.33. The molecule has 0 saturated carbocycles. The van der Waals surface area contributed by atoms with E-state index in [1.165, 1.54) is 4.90 Å². The molecular weight excluding hydrogens is 496 g/mol. The highest BCUT2D eigenvalue weighted by molar-refractivity contribution is 9.10. The monoisotopic (exact) mass is 512 g/mol. The first kappa shape index (κ1) is 22.0. The van der Waals surface area contributed by atoms with E-state index in [9.17, 15) is 14.7 Å². The highest BCUT2D eigenvalue weighted by atomic mass is 79.9. The van der Waals surface area contributed by atoms with Crippen LogP contribution in [0.4, 0.5) is 5.69 Å². The number of halogens is 2. The third-order valence-corrected chi connectivity index (χ3v) is 5.86. The summed E-state index contributed by atoms with van der Waals surface area (Å²) < 4.78 is 6.27. The van der Waals surface area contributed by atoms with Gasteiger partial charge in [0.2, 0.25) is 0 Å². The maximum atomic E-state index is 13.2. The Balaban J connectivity index is 1.93. The van der Waals surface area contributed by atoms with Crippen molar-refractivity contribution >= 4 is 50.7 Å². The lowest BCUT2D eigenvalue weighted by Crippen LogP contribution is -2.29. The third kappa shape index (κ3) is 4.01. The van der Waals surface area contributed by atoms with Crippen LogP contribution in [-0.4, -0.2) is 28.4 Å². The Hall–Kier alpha value is -3.16. The highest BCUT2D eigenvalue weighted by Crippen LogP contribution is 2.43. The Morgan fingerprint density at radius 1 is 1.16 bits per heavy atom. The number of ether oxygens (including phenoxy) is 1. The zero-order chi connectivity index (χ0) is 22.8. The quantitative estimate of drug-likeness (QED) is 0.276. The molecule has 2 heterocycles. The fourth-order valence-corrected chi connectivity index (χ4v) is 4.22. The molecule has 0 spiro atoms. The van der Waals surface area contributed by atoms with Crippen molar-refractivity contribution in [2.75, 3.05) is 11.5 Å². The number of rotatable bonds is 5. The summed E-state index contributed by atoms with van der Waals surface area (Å²) in [5.41, 5.74) is 1.46. The van der Waals surface area contributed by atoms with Gasteiger partial charge in [0.1, 0.15) is 11.5 Å². The molecule has 162 valence electrons. The molecule has 6 nitrogen and oxygen atoms in total. The molecule has 1 unspecified atom stereocenters. The van der Waals surface area contributed by atoms with Crippen molar-refractivity contribution in [3.63, 3.8) is 0 Å². The Bertz CT molecular complexity index is 1230. The number of benzene rings is 2. The number of carbonyl (C=O) groups is 2. The van der Waals surface area contributed by atoms with Crippen molar-refractivity contribution in [2.24, 2.45) is 0 Å². The number of aromatic nitrogens is 1. The number of Topliss-reactive ketones (excluding diaryl/α,β-unsaturated/α-hetero) is 1. The van der Waals surface area contributed by atoms with Crippen molar-refractivity contribution in [2.45, 2.75) is 13.0 Å². The van der Waals surface area contributed by atoms with E-state index in [-0.39, 0.29) is 11.3 Å². The van der Waals surface area contributed by atoms with Crippen molar-refractivity contribution in [1.82, 2.24) is 4.98 Å². The van der Waals surface area contributed by atoms with Gasteiger partial charge < -0.3 is 9.84 Å². The topological polar surface area (TPSA) is 79.7 Å². The molecule has 1 N–H and O–H groups in total. The lowest BCUT2D eigenvalue weighted by Gasteiger charge is -2.25. The van der Waals surface area contributed by atoms with Crippen LogP contribution >= 0.6 is 27.5 Å². The minimum Gasteiger partial charge on any atom is -0.507 e. The van der Waals surface area contributed by atoms with Crippen LogP contribution in [0, 0.1) is 0 Å². The summed E-state index contributed by atoms with van der Waals surface area (Å²) in [6, 6.07) is 14.4. The van der Waals surface area contributed by atoms with E-state index in [2.05, 4.69) is 20.9 Å². The van der Waals surface area contributed by atoms with Gasteiger partial charge in [-0.15, -0.1) is 0 Å². The number of hydrogen-bond donors (Lipinski definition) is 1. The molecule has 1 aliphatic rings. The molecule has 0 bridgehead atoms. The molecular formula is C24H18BrClN2O4. The minimum absolute atomic E-state index is 0.0223. The Morgan fingerprint density at radius 2 is 1.91 bits per heavy atom. The molecule has 1 amide bonds. The van der Waals surface area contributed by atoms with Crippen LogP contribution in [0.3, 0.4) is 0 Å². The van der Waals surface area contributed by atoms with Gasteiger partial charge >= 0.3 is 0 Å². The fourth-order valence-electron chi connectivity index (χ4n) is 3.66. The lowest BCUT2D eigenvalue weighted by atomic mass is 9.95. The van der Waals surface area contributed by atoms with Gasteiger partial charge in [-0.3, -0.25) is 19.5 Å². The van der Waals surface area contributed by atoms with E-state index in [0.29, 0.717) is 34.2 Å². The van der Waals surface area contributed by atoms with Crippen LogP contribution in [0.15, 0.2) is 77.0 Å². The normalized spacial score (nSPS) is 17.6. The Morgan fingerprint density at radius 3 is 2.59 bits per heavy atom. The maximum absolute atomic E-state index is 13.2. The average molecular weight is 514 g/mol. The van der Waals surface area contributed by atoms with E-state index < -0.39 is 17.7 Å². The Kier molecular flexibility index (Phi) is 6.30. The van der Waals surface area contributed by atoms with Gasteiger partial charge in [-0.2, -0.15) is 0 Å². The molecule has 4 rings (SSSR count). The van der Waals surface area contributed by atoms with Crippen molar-refractivity contribution in [3.05, 3.63) is 93.2 Å². The number of amides is 1. The number of nitrogens with zero attached hydrogens (tertiary/aromatic N) is 2. The zero-order valence-corrected chi connectivity index (χ0v) is 19.3. The first-order valence-electron chi connectivity index (χ1n) is 9.81. The zero-order valence-electron chi connectivity index (χ0n) is 17.0. The van der Waals surface area contributed by atoms with Crippen LogP contribution < -0.4 is 9.64 Å². The number of ketones is 1. The summed E-state index contributed by atoms with van der Waals surface area (Å²) in [6.07, 6.45) is 3.15. The molecule has 1 fully saturated rings. The second kappa shape index (κ2) is 9.14. The predicted molar refractivity (Wildman–Crippen MR) is 126 cm³/mol. The van der Waals surface area contributed by atoms with Crippen LogP contribution in [0.25, 0.3) is 5.76 Å². The molecule has 1 aliphatic heterocycles. The smallest absolute Gasteiger partial charge is 0.300 e. The van der Waals surface area contributed by atoms with E-state index in [4.69, 9.17) is 16.3 Å². The maximum Gasteiger partial charge on any atom is 0.300 e. The molecule has 3 aromatic rings. The van der Waals surface area contributed by atoms with Gasteiger partial charge in [0.15, 0.2) is 0 Å². The van der Waals surface area contributed by atoms with E-state index in [1.807, 2.05) is 13.0 Å². The van der Waals surface area contributed by atoms with Crippen molar-refractivity contribution in [1.29, 1.82) is 0 Å². The molecule has 1 atom stereocenters. The third-order valence-electron chi connectivity index (χ3n) is 5.06.